The van der Waals surface area contributed by atoms with Crippen molar-refractivity contribution in [1.29, 1.82) is 5.41 Å². The van der Waals surface area contributed by atoms with Crippen LogP contribution < -0.4 is 38.1 Å². The van der Waals surface area contributed by atoms with Crippen LogP contribution in [0.5, 0.6) is 0 Å². The topological polar surface area (TPSA) is 279 Å². The molecule has 0 aliphatic heterocycles. The van der Waals surface area contributed by atoms with E-state index in [-0.39, 0.29) is 55.6 Å². The number of aliphatic carboxylic acids is 2. The molecular weight excluding hydrogens is 580 g/mol. The van der Waals surface area contributed by atoms with E-state index in [9.17, 15) is 33.9 Å². The number of carbonyl (C=O) groups excluding carboxylic acids is 4. The lowest BCUT2D eigenvalue weighted by Gasteiger charge is -2.27. The van der Waals surface area contributed by atoms with Gasteiger partial charge in [-0.05, 0) is 31.6 Å². The number of carboxylic acid groups (broad SMARTS) is 2. The molecular formula is C23H42N8O8S2. The number of rotatable bonds is 20. The fraction of sp³-hybridized carbons (Fsp3) is 0.696. The van der Waals surface area contributed by atoms with Crippen molar-refractivity contribution < 1.29 is 39.0 Å². The lowest BCUT2D eigenvalue weighted by atomic mass is 10.0. The number of hydrogen-bond donors (Lipinski definition) is 12. The van der Waals surface area contributed by atoms with E-state index in [1.807, 2.05) is 0 Å². The molecule has 0 radical (unpaired) electrons. The summed E-state index contributed by atoms with van der Waals surface area (Å²) in [6, 6.07) is -6.13. The lowest BCUT2D eigenvalue weighted by molar-refractivity contribution is -0.142. The zero-order chi connectivity index (χ0) is 31.7. The minimum Gasteiger partial charge on any atom is -0.481 e. The van der Waals surface area contributed by atoms with E-state index in [4.69, 9.17) is 22.0 Å². The largest absolute Gasteiger partial charge is 0.481 e. The van der Waals surface area contributed by atoms with Crippen LogP contribution in [0.1, 0.15) is 46.0 Å². The average Bonchev–Trinajstić information content (AvgIpc) is 2.88. The smallest absolute Gasteiger partial charge is 0.327 e. The minimum atomic E-state index is -1.33. The van der Waals surface area contributed by atoms with Gasteiger partial charge in [0.25, 0.3) is 0 Å². The summed E-state index contributed by atoms with van der Waals surface area (Å²) in [4.78, 5) is 74.0. The molecule has 0 aliphatic carbocycles. The van der Waals surface area contributed by atoms with Gasteiger partial charge in [0.2, 0.25) is 23.6 Å². The Bertz CT molecular complexity index is 939. The van der Waals surface area contributed by atoms with Crippen LogP contribution in [0, 0.1) is 11.3 Å². The monoisotopic (exact) mass is 622 g/mol. The standard InChI is InChI=1S/C23H42N8O8S2/c1-11(2)8-15(30-20(36)14(5-6-17(32)33)28-18(34)12(24)9-40)21(37)29-13(4-3-7-27-23(25)26)19(35)31-16(10-41)22(38)39/h11-16,40-41H,3-10,24H2,1-2H3,(H,28,34)(H,29,37)(H,30,36)(H,31,35)(H,32,33)(H,38,39)(H4,25,26,27)/t12-,13-,14-,15-,16-/m0/s1. The number of carbonyl (C=O) groups is 6. The Morgan fingerprint density at radius 2 is 1.27 bits per heavy atom. The highest BCUT2D eigenvalue weighted by Gasteiger charge is 2.32. The second-order valence-electron chi connectivity index (χ2n) is 9.60. The van der Waals surface area contributed by atoms with E-state index >= 15 is 0 Å². The van der Waals surface area contributed by atoms with Crippen LogP contribution in [0.3, 0.4) is 0 Å². The fourth-order valence-corrected chi connectivity index (χ4v) is 3.81. The van der Waals surface area contributed by atoms with Gasteiger partial charge in [0, 0.05) is 24.5 Å². The molecule has 16 nitrogen and oxygen atoms in total. The van der Waals surface area contributed by atoms with Gasteiger partial charge in [0.1, 0.15) is 24.2 Å². The van der Waals surface area contributed by atoms with Gasteiger partial charge < -0.3 is 48.3 Å². The Hall–Kier alpha value is -3.25. The Morgan fingerprint density at radius 3 is 1.73 bits per heavy atom. The fourth-order valence-electron chi connectivity index (χ4n) is 3.40. The van der Waals surface area contributed by atoms with Gasteiger partial charge >= 0.3 is 11.9 Å². The van der Waals surface area contributed by atoms with Crippen LogP contribution in [-0.2, 0) is 28.8 Å². The van der Waals surface area contributed by atoms with E-state index in [1.54, 1.807) is 13.8 Å². The predicted molar refractivity (Wildman–Crippen MR) is 157 cm³/mol. The van der Waals surface area contributed by atoms with Crippen LogP contribution in [0.15, 0.2) is 0 Å². The molecule has 0 rings (SSSR count). The average molecular weight is 623 g/mol. The maximum atomic E-state index is 13.3. The molecule has 4 amide bonds. The van der Waals surface area contributed by atoms with Crippen molar-refractivity contribution in [3.8, 4) is 0 Å². The van der Waals surface area contributed by atoms with Crippen LogP contribution in [-0.4, -0.2) is 100.0 Å². The summed E-state index contributed by atoms with van der Waals surface area (Å²) >= 11 is 7.86. The third-order valence-corrected chi connectivity index (χ3v) is 6.33. The molecule has 41 heavy (non-hydrogen) atoms. The Balaban J connectivity index is 5.87. The quantitative estimate of drug-likeness (QED) is 0.0289. The summed E-state index contributed by atoms with van der Waals surface area (Å²) in [5.41, 5.74) is 10.9. The number of nitrogens with two attached hydrogens (primary N) is 2. The van der Waals surface area contributed by atoms with Gasteiger partial charge in [-0.2, -0.15) is 25.3 Å². The summed E-state index contributed by atoms with van der Waals surface area (Å²) < 4.78 is 0. The van der Waals surface area contributed by atoms with Crippen LogP contribution >= 0.6 is 25.3 Å². The molecule has 0 aromatic carbocycles. The van der Waals surface area contributed by atoms with Crippen LogP contribution in [0.25, 0.3) is 0 Å². The third-order valence-electron chi connectivity index (χ3n) is 5.57. The van der Waals surface area contributed by atoms with E-state index in [0.29, 0.717) is 0 Å². The summed E-state index contributed by atoms with van der Waals surface area (Å²) in [7, 11) is 0. The molecule has 18 heteroatoms. The van der Waals surface area contributed by atoms with Crippen molar-refractivity contribution in [2.45, 2.75) is 76.2 Å². The minimum absolute atomic E-state index is 0.0258. The Kier molecular flexibility index (Phi) is 18.2. The first kappa shape index (κ1) is 37.8. The number of thiol groups is 2. The lowest BCUT2D eigenvalue weighted by Crippen LogP contribution is -2.59. The molecule has 0 saturated carbocycles. The van der Waals surface area contributed by atoms with Crippen molar-refractivity contribution in [2.75, 3.05) is 18.1 Å². The predicted octanol–water partition coefficient (Wildman–Crippen LogP) is -2.63. The van der Waals surface area contributed by atoms with E-state index in [2.05, 4.69) is 51.8 Å². The first-order valence-electron chi connectivity index (χ1n) is 12.8. The molecule has 0 aliphatic rings. The highest BCUT2D eigenvalue weighted by atomic mass is 32.1. The highest BCUT2D eigenvalue weighted by molar-refractivity contribution is 7.80. The molecule has 0 spiro atoms. The van der Waals surface area contributed by atoms with Gasteiger partial charge in [-0.1, -0.05) is 13.8 Å². The number of nitrogens with one attached hydrogen (secondary N) is 6. The molecule has 0 aromatic heterocycles. The van der Waals surface area contributed by atoms with Crippen molar-refractivity contribution in [3.05, 3.63) is 0 Å². The summed E-state index contributed by atoms with van der Waals surface area (Å²) in [6.07, 6.45) is -0.342. The summed E-state index contributed by atoms with van der Waals surface area (Å²) in [6.45, 7) is 3.75. The maximum absolute atomic E-state index is 13.3. The molecule has 0 saturated heterocycles. The van der Waals surface area contributed by atoms with Gasteiger partial charge in [0.15, 0.2) is 5.96 Å². The van der Waals surface area contributed by atoms with Crippen molar-refractivity contribution in [1.82, 2.24) is 26.6 Å². The number of hydrogen-bond acceptors (Lipinski definition) is 10. The number of guanidine groups is 1. The molecule has 5 atom stereocenters. The number of amides is 4. The molecule has 12 N–H and O–H groups in total. The van der Waals surface area contributed by atoms with E-state index < -0.39 is 72.2 Å². The SMILES string of the molecule is CC(C)C[C@H](NC(=O)[C@H](CCC(=O)O)NC(=O)[C@@H](N)CS)C(=O)N[C@@H](CCCNC(=N)N)C(=O)N[C@@H](CS)C(=O)O. The summed E-state index contributed by atoms with van der Waals surface area (Å²) in [5.74, 6) is -6.32. The zero-order valence-electron chi connectivity index (χ0n) is 23.0. The summed E-state index contributed by atoms with van der Waals surface area (Å²) in [5, 5.41) is 37.8. The molecule has 0 unspecified atom stereocenters. The van der Waals surface area contributed by atoms with Crippen molar-refractivity contribution in [3.63, 3.8) is 0 Å². The Morgan fingerprint density at radius 1 is 0.780 bits per heavy atom. The third kappa shape index (κ3) is 15.9. The first-order chi connectivity index (χ1) is 19.1. The van der Waals surface area contributed by atoms with Crippen LogP contribution in [0.4, 0.5) is 0 Å². The first-order valence-corrected chi connectivity index (χ1v) is 14.1. The molecule has 0 bridgehead atoms. The van der Waals surface area contributed by atoms with Crippen LogP contribution in [0.2, 0.25) is 0 Å². The molecule has 234 valence electrons. The van der Waals surface area contributed by atoms with Gasteiger partial charge in [-0.3, -0.25) is 29.4 Å². The van der Waals surface area contributed by atoms with Crippen molar-refractivity contribution in [2.24, 2.45) is 17.4 Å². The normalized spacial score (nSPS) is 14.5. The second kappa shape index (κ2) is 19.8. The zero-order valence-corrected chi connectivity index (χ0v) is 24.8. The van der Waals surface area contributed by atoms with Gasteiger partial charge in [-0.15, -0.1) is 0 Å². The van der Waals surface area contributed by atoms with E-state index in [1.165, 1.54) is 0 Å². The second-order valence-corrected chi connectivity index (χ2v) is 10.3. The van der Waals surface area contributed by atoms with Crippen molar-refractivity contribution >= 4 is 66.8 Å². The molecule has 0 aromatic rings. The highest BCUT2D eigenvalue weighted by Crippen LogP contribution is 2.09. The molecule has 0 heterocycles. The number of carboxylic acids is 2. The van der Waals surface area contributed by atoms with Gasteiger partial charge in [0.05, 0.1) is 6.04 Å². The molecule has 0 fully saturated rings. The maximum Gasteiger partial charge on any atom is 0.327 e. The Labute approximate surface area is 249 Å². The van der Waals surface area contributed by atoms with Gasteiger partial charge in [-0.25, -0.2) is 4.79 Å². The van der Waals surface area contributed by atoms with E-state index in [0.717, 1.165) is 0 Å².